The Balaban J connectivity index is 2.68. The fourth-order valence-electron chi connectivity index (χ4n) is 0.657. The number of nitrogens with zero attached hydrogens (tertiary/aromatic N) is 2. The molecule has 0 aliphatic rings. The van der Waals surface area contributed by atoms with Crippen LogP contribution >= 0.6 is 0 Å². The second-order valence-corrected chi connectivity index (χ2v) is 1.98. The Hall–Kier alpha value is -2.00. The van der Waals surface area contributed by atoms with Crippen molar-refractivity contribution in [1.29, 1.82) is 5.26 Å². The minimum atomic E-state index is 0.216. The summed E-state index contributed by atoms with van der Waals surface area (Å²) in [4.78, 5) is 3.80. The maximum atomic E-state index is 8.42. The maximum Gasteiger partial charge on any atom is 0.148 e. The lowest BCUT2D eigenvalue weighted by atomic mass is 10.4. The zero-order chi connectivity index (χ0) is 8.81. The van der Waals surface area contributed by atoms with Crippen molar-refractivity contribution in [2.75, 3.05) is 6.61 Å². The highest BCUT2D eigenvalue weighted by Crippen LogP contribution is 2.07. The van der Waals surface area contributed by atoms with Gasteiger partial charge < -0.3 is 4.74 Å². The van der Waals surface area contributed by atoms with E-state index in [0.717, 1.165) is 0 Å². The van der Waals surface area contributed by atoms with Crippen molar-refractivity contribution in [2.45, 2.75) is 0 Å². The molecular formula is C9H6N2O. The molecule has 0 radical (unpaired) electrons. The van der Waals surface area contributed by atoms with Crippen molar-refractivity contribution >= 4 is 0 Å². The SMILES string of the molecule is C#CCOc1ccc(C#N)nc1. The molecule has 3 nitrogen and oxygen atoms in total. The molecule has 0 saturated heterocycles. The van der Waals surface area contributed by atoms with Gasteiger partial charge in [-0.05, 0) is 12.1 Å². The monoisotopic (exact) mass is 158 g/mol. The van der Waals surface area contributed by atoms with Gasteiger partial charge in [0.05, 0.1) is 6.20 Å². The van der Waals surface area contributed by atoms with Crippen LogP contribution in [-0.2, 0) is 0 Å². The first-order valence-electron chi connectivity index (χ1n) is 3.29. The van der Waals surface area contributed by atoms with E-state index in [1.54, 1.807) is 12.1 Å². The van der Waals surface area contributed by atoms with Gasteiger partial charge in [0.25, 0.3) is 0 Å². The average molecular weight is 158 g/mol. The first-order valence-corrected chi connectivity index (χ1v) is 3.29. The molecule has 1 heterocycles. The molecule has 0 unspecified atom stereocenters. The Morgan fingerprint density at radius 2 is 2.42 bits per heavy atom. The minimum Gasteiger partial charge on any atom is -0.479 e. The van der Waals surface area contributed by atoms with Crippen LogP contribution in [0.5, 0.6) is 5.75 Å². The van der Waals surface area contributed by atoms with Crippen molar-refractivity contribution in [3.05, 3.63) is 24.0 Å². The van der Waals surface area contributed by atoms with Gasteiger partial charge in [0, 0.05) is 0 Å². The third kappa shape index (κ3) is 2.00. The lowest BCUT2D eigenvalue weighted by Gasteiger charge is -1.99. The smallest absolute Gasteiger partial charge is 0.148 e. The topological polar surface area (TPSA) is 45.9 Å². The van der Waals surface area contributed by atoms with E-state index in [4.69, 9.17) is 16.4 Å². The number of hydrogen-bond acceptors (Lipinski definition) is 3. The fraction of sp³-hybridized carbons (Fsp3) is 0.111. The third-order valence-corrected chi connectivity index (χ3v) is 1.17. The highest BCUT2D eigenvalue weighted by Gasteiger charge is 1.93. The summed E-state index contributed by atoms with van der Waals surface area (Å²) in [5.74, 6) is 2.91. The van der Waals surface area contributed by atoms with Gasteiger partial charge in [0.1, 0.15) is 24.1 Å². The Bertz CT molecular complexity index is 329. The quantitative estimate of drug-likeness (QED) is 0.602. The van der Waals surface area contributed by atoms with Crippen LogP contribution in [0.15, 0.2) is 18.3 Å². The zero-order valence-corrected chi connectivity index (χ0v) is 6.32. The minimum absolute atomic E-state index is 0.216. The predicted molar refractivity (Wildman–Crippen MR) is 43.3 cm³/mol. The lowest BCUT2D eigenvalue weighted by Crippen LogP contribution is -1.94. The van der Waals surface area contributed by atoms with E-state index in [2.05, 4.69) is 10.9 Å². The van der Waals surface area contributed by atoms with Gasteiger partial charge in [-0.2, -0.15) is 5.26 Å². The number of aromatic nitrogens is 1. The van der Waals surface area contributed by atoms with E-state index in [0.29, 0.717) is 11.4 Å². The molecule has 3 heteroatoms. The largest absolute Gasteiger partial charge is 0.479 e. The second-order valence-electron chi connectivity index (χ2n) is 1.98. The van der Waals surface area contributed by atoms with Crippen molar-refractivity contribution in [1.82, 2.24) is 4.98 Å². The van der Waals surface area contributed by atoms with Crippen molar-refractivity contribution < 1.29 is 4.74 Å². The van der Waals surface area contributed by atoms with Crippen molar-refractivity contribution in [3.63, 3.8) is 0 Å². The fourth-order valence-corrected chi connectivity index (χ4v) is 0.657. The average Bonchev–Trinajstić information content (AvgIpc) is 2.15. The summed E-state index contributed by atoms with van der Waals surface area (Å²) in [6, 6.07) is 5.13. The molecule has 0 spiro atoms. The first kappa shape index (κ1) is 8.10. The summed E-state index contributed by atoms with van der Waals surface area (Å²) in [6.07, 6.45) is 6.45. The Labute approximate surface area is 70.6 Å². The molecule has 12 heavy (non-hydrogen) atoms. The molecule has 0 aliphatic heterocycles. The summed E-state index contributed by atoms with van der Waals surface area (Å²) >= 11 is 0. The number of terminal acetylenes is 1. The van der Waals surface area contributed by atoms with E-state index in [1.165, 1.54) is 6.20 Å². The van der Waals surface area contributed by atoms with Gasteiger partial charge >= 0.3 is 0 Å². The number of pyridine rings is 1. The van der Waals surface area contributed by atoms with Gasteiger partial charge in [0.2, 0.25) is 0 Å². The van der Waals surface area contributed by atoms with Crippen molar-refractivity contribution in [2.24, 2.45) is 0 Å². The van der Waals surface area contributed by atoms with E-state index in [1.807, 2.05) is 6.07 Å². The molecule has 0 aliphatic carbocycles. The van der Waals surface area contributed by atoms with Crippen LogP contribution in [0.25, 0.3) is 0 Å². The van der Waals surface area contributed by atoms with Crippen LogP contribution < -0.4 is 4.74 Å². The standard InChI is InChI=1S/C9H6N2O/c1-2-5-12-9-4-3-8(6-10)11-7-9/h1,3-4,7H,5H2. The predicted octanol–water partition coefficient (Wildman–Crippen LogP) is 0.965. The van der Waals surface area contributed by atoms with Crippen LogP contribution in [0.2, 0.25) is 0 Å². The van der Waals surface area contributed by atoms with Gasteiger partial charge in [0.15, 0.2) is 0 Å². The van der Waals surface area contributed by atoms with Crippen LogP contribution in [-0.4, -0.2) is 11.6 Å². The summed E-state index contributed by atoms with van der Waals surface area (Å²) < 4.78 is 5.05. The summed E-state index contributed by atoms with van der Waals surface area (Å²) in [5.41, 5.74) is 0.364. The van der Waals surface area contributed by atoms with Crippen molar-refractivity contribution in [3.8, 4) is 24.2 Å². The molecular weight excluding hydrogens is 152 g/mol. The maximum absolute atomic E-state index is 8.42. The molecule has 58 valence electrons. The van der Waals surface area contributed by atoms with E-state index < -0.39 is 0 Å². The highest BCUT2D eigenvalue weighted by molar-refractivity contribution is 5.26. The lowest BCUT2D eigenvalue weighted by molar-refractivity contribution is 0.369. The number of rotatable bonds is 2. The summed E-state index contributed by atoms with van der Waals surface area (Å²) in [7, 11) is 0. The van der Waals surface area contributed by atoms with E-state index >= 15 is 0 Å². The molecule has 1 rings (SSSR count). The zero-order valence-electron chi connectivity index (χ0n) is 6.32. The number of nitriles is 1. The molecule has 0 bridgehead atoms. The Kier molecular flexibility index (Phi) is 2.70. The normalized spacial score (nSPS) is 8.17. The Morgan fingerprint density at radius 3 is 2.92 bits per heavy atom. The van der Waals surface area contributed by atoms with Crippen LogP contribution in [0.4, 0.5) is 0 Å². The molecule has 0 saturated carbocycles. The molecule has 0 atom stereocenters. The second kappa shape index (κ2) is 4.00. The van der Waals surface area contributed by atoms with E-state index in [-0.39, 0.29) is 6.61 Å². The molecule has 1 aromatic rings. The number of hydrogen-bond donors (Lipinski definition) is 0. The van der Waals surface area contributed by atoms with Gasteiger partial charge in [-0.25, -0.2) is 4.98 Å². The van der Waals surface area contributed by atoms with Crippen LogP contribution in [0.1, 0.15) is 5.69 Å². The van der Waals surface area contributed by atoms with Crippen LogP contribution in [0, 0.1) is 23.7 Å². The molecule has 0 fully saturated rings. The van der Waals surface area contributed by atoms with E-state index in [9.17, 15) is 0 Å². The summed E-state index contributed by atoms with van der Waals surface area (Å²) in [6.45, 7) is 0.216. The Morgan fingerprint density at radius 1 is 1.58 bits per heavy atom. The van der Waals surface area contributed by atoms with Gasteiger partial charge in [-0.3, -0.25) is 0 Å². The van der Waals surface area contributed by atoms with Gasteiger partial charge in [-0.15, -0.1) is 6.42 Å². The number of ether oxygens (including phenoxy) is 1. The third-order valence-electron chi connectivity index (χ3n) is 1.17. The molecule has 1 aromatic heterocycles. The molecule has 0 aromatic carbocycles. The van der Waals surface area contributed by atoms with Crippen LogP contribution in [0.3, 0.4) is 0 Å². The first-order chi connectivity index (χ1) is 5.86. The highest BCUT2D eigenvalue weighted by atomic mass is 16.5. The molecule has 0 N–H and O–H groups in total. The summed E-state index contributed by atoms with van der Waals surface area (Å²) in [5, 5.41) is 8.42. The molecule has 0 amide bonds. The van der Waals surface area contributed by atoms with Gasteiger partial charge in [-0.1, -0.05) is 5.92 Å².